The molecule has 0 bridgehead atoms. The van der Waals surface area contributed by atoms with E-state index in [0.29, 0.717) is 5.56 Å². The average Bonchev–Trinajstić information content (AvgIpc) is 2.54. The van der Waals surface area contributed by atoms with Crippen molar-refractivity contribution in [2.75, 3.05) is 11.9 Å². The van der Waals surface area contributed by atoms with E-state index < -0.39 is 0 Å². The summed E-state index contributed by atoms with van der Waals surface area (Å²) in [5.41, 5.74) is 3.03. The Bertz CT molecular complexity index is 815. The molecule has 2 heteroatoms. The van der Waals surface area contributed by atoms with Crippen LogP contribution in [-0.4, -0.2) is 7.05 Å². The molecule has 2 nitrogen and oxygen atoms in total. The minimum Gasteiger partial charge on any atom is -0.370 e. The van der Waals surface area contributed by atoms with Gasteiger partial charge in [-0.25, -0.2) is 0 Å². The van der Waals surface area contributed by atoms with Crippen LogP contribution in [0.15, 0.2) is 66.7 Å². The summed E-state index contributed by atoms with van der Waals surface area (Å²) in [6, 6.07) is 24.8. The predicted molar refractivity (Wildman–Crippen MR) is 87.2 cm³/mol. The lowest BCUT2D eigenvalue weighted by molar-refractivity contribution is 0.924. The highest BCUT2D eigenvalue weighted by Gasteiger charge is 2.04. The number of benzene rings is 3. The van der Waals surface area contributed by atoms with Crippen molar-refractivity contribution in [3.8, 4) is 6.07 Å². The molecule has 0 N–H and O–H groups in total. The number of nitrogens with zero attached hydrogens (tertiary/aromatic N) is 2. The van der Waals surface area contributed by atoms with Crippen LogP contribution in [0.4, 0.5) is 5.69 Å². The fourth-order valence-corrected chi connectivity index (χ4v) is 2.52. The van der Waals surface area contributed by atoms with Crippen LogP contribution in [0, 0.1) is 11.3 Å². The summed E-state index contributed by atoms with van der Waals surface area (Å²) >= 11 is 0. The maximum atomic E-state index is 8.97. The highest BCUT2D eigenvalue weighted by molar-refractivity contribution is 5.85. The van der Waals surface area contributed by atoms with Crippen molar-refractivity contribution in [2.45, 2.75) is 6.54 Å². The Morgan fingerprint density at radius 1 is 0.905 bits per heavy atom. The number of hydrogen-bond donors (Lipinski definition) is 0. The van der Waals surface area contributed by atoms with Crippen molar-refractivity contribution in [3.63, 3.8) is 0 Å². The topological polar surface area (TPSA) is 27.0 Å². The van der Waals surface area contributed by atoms with Crippen molar-refractivity contribution in [2.24, 2.45) is 0 Å². The number of rotatable bonds is 3. The Balaban J connectivity index is 1.86. The lowest BCUT2D eigenvalue weighted by Crippen LogP contribution is -2.16. The molecular formula is C19H16N2. The molecule has 0 aliphatic heterocycles. The number of nitriles is 1. The Morgan fingerprint density at radius 2 is 1.71 bits per heavy atom. The van der Waals surface area contributed by atoms with E-state index in [1.807, 2.05) is 18.2 Å². The molecule has 0 unspecified atom stereocenters. The van der Waals surface area contributed by atoms with Gasteiger partial charge in [-0.1, -0.05) is 42.5 Å². The highest BCUT2D eigenvalue weighted by atomic mass is 15.1. The summed E-state index contributed by atoms with van der Waals surface area (Å²) in [7, 11) is 2.07. The van der Waals surface area contributed by atoms with E-state index in [2.05, 4.69) is 66.5 Å². The summed E-state index contributed by atoms with van der Waals surface area (Å²) in [6.07, 6.45) is 0. The largest absolute Gasteiger partial charge is 0.370 e. The molecule has 0 radical (unpaired) electrons. The summed E-state index contributed by atoms with van der Waals surface area (Å²) in [5.74, 6) is 0. The van der Waals surface area contributed by atoms with Crippen LogP contribution in [0.2, 0.25) is 0 Å². The van der Waals surface area contributed by atoms with Gasteiger partial charge < -0.3 is 4.90 Å². The van der Waals surface area contributed by atoms with E-state index >= 15 is 0 Å². The van der Waals surface area contributed by atoms with E-state index in [0.717, 1.165) is 12.1 Å². The number of hydrogen-bond acceptors (Lipinski definition) is 2. The van der Waals surface area contributed by atoms with E-state index in [4.69, 9.17) is 5.26 Å². The molecule has 0 aliphatic rings. The van der Waals surface area contributed by atoms with Crippen molar-refractivity contribution < 1.29 is 0 Å². The summed E-state index contributed by atoms with van der Waals surface area (Å²) < 4.78 is 0. The maximum absolute atomic E-state index is 8.97. The molecule has 0 atom stereocenters. The fourth-order valence-electron chi connectivity index (χ4n) is 2.52. The standard InChI is InChI=1S/C19H16N2/c1-21(14-16-6-4-5-15(11-16)13-20)19-10-9-17-7-2-3-8-18(17)12-19/h2-12H,14H2,1H3. The molecule has 3 aromatic carbocycles. The summed E-state index contributed by atoms with van der Waals surface area (Å²) in [4.78, 5) is 2.20. The Kier molecular flexibility index (Phi) is 3.57. The van der Waals surface area contributed by atoms with Gasteiger partial charge in [0.2, 0.25) is 0 Å². The first kappa shape index (κ1) is 13.2. The van der Waals surface area contributed by atoms with Gasteiger partial charge in [0.1, 0.15) is 0 Å². The third kappa shape index (κ3) is 2.88. The van der Waals surface area contributed by atoms with E-state index in [9.17, 15) is 0 Å². The van der Waals surface area contributed by atoms with E-state index in [1.165, 1.54) is 16.5 Å². The third-order valence-corrected chi connectivity index (χ3v) is 3.65. The van der Waals surface area contributed by atoms with Gasteiger partial charge in [-0.3, -0.25) is 0 Å². The third-order valence-electron chi connectivity index (χ3n) is 3.65. The van der Waals surface area contributed by atoms with Gasteiger partial charge >= 0.3 is 0 Å². The molecule has 0 aromatic heterocycles. The van der Waals surface area contributed by atoms with Gasteiger partial charge in [-0.2, -0.15) is 5.26 Å². The quantitative estimate of drug-likeness (QED) is 0.709. The van der Waals surface area contributed by atoms with E-state index in [-0.39, 0.29) is 0 Å². The highest BCUT2D eigenvalue weighted by Crippen LogP contribution is 2.22. The molecule has 0 heterocycles. The maximum Gasteiger partial charge on any atom is 0.0991 e. The Morgan fingerprint density at radius 3 is 2.52 bits per heavy atom. The molecule has 21 heavy (non-hydrogen) atoms. The van der Waals surface area contributed by atoms with Crippen LogP contribution in [-0.2, 0) is 6.54 Å². The van der Waals surface area contributed by atoms with Crippen molar-refractivity contribution >= 4 is 16.5 Å². The predicted octanol–water partition coefficient (Wildman–Crippen LogP) is 4.35. The van der Waals surface area contributed by atoms with Crippen LogP contribution in [0.25, 0.3) is 10.8 Å². The molecule has 0 aliphatic carbocycles. The smallest absolute Gasteiger partial charge is 0.0991 e. The van der Waals surface area contributed by atoms with Gasteiger partial charge in [-0.15, -0.1) is 0 Å². The second-order valence-electron chi connectivity index (χ2n) is 5.20. The zero-order chi connectivity index (χ0) is 14.7. The fraction of sp³-hybridized carbons (Fsp3) is 0.105. The Labute approximate surface area is 124 Å². The molecule has 0 saturated carbocycles. The van der Waals surface area contributed by atoms with Crippen molar-refractivity contribution in [1.29, 1.82) is 5.26 Å². The van der Waals surface area contributed by atoms with Crippen LogP contribution in [0.3, 0.4) is 0 Å². The SMILES string of the molecule is CN(Cc1cccc(C#N)c1)c1ccc2ccccc2c1. The second kappa shape index (κ2) is 5.68. The lowest BCUT2D eigenvalue weighted by atomic mass is 10.1. The molecule has 3 aromatic rings. The Hall–Kier alpha value is -2.79. The van der Waals surface area contributed by atoms with Crippen LogP contribution in [0.5, 0.6) is 0 Å². The van der Waals surface area contributed by atoms with Crippen molar-refractivity contribution in [1.82, 2.24) is 0 Å². The van der Waals surface area contributed by atoms with Gasteiger partial charge in [-0.05, 0) is 40.6 Å². The lowest BCUT2D eigenvalue weighted by Gasteiger charge is -2.20. The average molecular weight is 272 g/mol. The molecule has 0 saturated heterocycles. The first-order chi connectivity index (χ1) is 10.3. The van der Waals surface area contributed by atoms with Gasteiger partial charge in [0, 0.05) is 19.3 Å². The molecule has 3 rings (SSSR count). The van der Waals surface area contributed by atoms with E-state index in [1.54, 1.807) is 0 Å². The van der Waals surface area contributed by atoms with Gasteiger partial charge in [0.25, 0.3) is 0 Å². The molecule has 0 amide bonds. The molecule has 0 spiro atoms. The van der Waals surface area contributed by atoms with Gasteiger partial charge in [0.15, 0.2) is 0 Å². The molecular weight excluding hydrogens is 256 g/mol. The zero-order valence-corrected chi connectivity index (χ0v) is 12.0. The monoisotopic (exact) mass is 272 g/mol. The molecule has 0 fully saturated rings. The zero-order valence-electron chi connectivity index (χ0n) is 12.0. The number of fused-ring (bicyclic) bond motifs is 1. The number of anilines is 1. The van der Waals surface area contributed by atoms with Crippen LogP contribution < -0.4 is 4.90 Å². The second-order valence-corrected chi connectivity index (χ2v) is 5.20. The van der Waals surface area contributed by atoms with Crippen LogP contribution >= 0.6 is 0 Å². The van der Waals surface area contributed by atoms with Crippen molar-refractivity contribution in [3.05, 3.63) is 77.9 Å². The normalized spacial score (nSPS) is 10.3. The minimum absolute atomic E-state index is 0.708. The minimum atomic E-state index is 0.708. The van der Waals surface area contributed by atoms with Gasteiger partial charge in [0.05, 0.1) is 11.6 Å². The summed E-state index contributed by atoms with van der Waals surface area (Å²) in [5, 5.41) is 11.5. The molecule has 102 valence electrons. The van der Waals surface area contributed by atoms with Crippen LogP contribution in [0.1, 0.15) is 11.1 Å². The summed E-state index contributed by atoms with van der Waals surface area (Å²) in [6.45, 7) is 0.786. The first-order valence-electron chi connectivity index (χ1n) is 6.95. The first-order valence-corrected chi connectivity index (χ1v) is 6.95.